The molecule has 0 unspecified atom stereocenters. The highest BCUT2D eigenvalue weighted by molar-refractivity contribution is 5.77. The first-order valence-electron chi connectivity index (χ1n) is 9.18. The van der Waals surface area contributed by atoms with Gasteiger partial charge in [-0.3, -0.25) is 9.59 Å². The van der Waals surface area contributed by atoms with Gasteiger partial charge in [-0.25, -0.2) is 0 Å². The van der Waals surface area contributed by atoms with Crippen LogP contribution in [-0.4, -0.2) is 24.9 Å². The number of nitrogens with one attached hydrogen (secondary N) is 1. The minimum Gasteiger partial charge on any atom is -0.371 e. The Morgan fingerprint density at radius 1 is 1.20 bits per heavy atom. The molecule has 0 aromatic heterocycles. The summed E-state index contributed by atoms with van der Waals surface area (Å²) >= 11 is 0. The fraction of sp³-hybridized carbons (Fsp3) is 0.500. The molecule has 1 aromatic carbocycles. The molecule has 0 saturated carbocycles. The molecule has 0 spiro atoms. The number of primary amides is 1. The third-order valence-electron chi connectivity index (χ3n) is 5.17. The lowest BCUT2D eigenvalue weighted by Crippen LogP contribution is -2.41. The number of benzene rings is 1. The van der Waals surface area contributed by atoms with E-state index in [9.17, 15) is 9.59 Å². The number of allylic oxidation sites excluding steroid dienone is 2. The summed E-state index contributed by atoms with van der Waals surface area (Å²) in [6, 6.07) is 8.20. The summed E-state index contributed by atoms with van der Waals surface area (Å²) in [7, 11) is 0. The van der Waals surface area contributed by atoms with Crippen LogP contribution in [0.5, 0.6) is 0 Å². The van der Waals surface area contributed by atoms with Gasteiger partial charge in [0.2, 0.25) is 11.8 Å². The van der Waals surface area contributed by atoms with Gasteiger partial charge in [0.05, 0.1) is 5.92 Å². The molecule has 2 aliphatic rings. The maximum absolute atomic E-state index is 12.0. The summed E-state index contributed by atoms with van der Waals surface area (Å²) in [4.78, 5) is 25.6. The monoisotopic (exact) mass is 341 g/mol. The van der Waals surface area contributed by atoms with Crippen molar-refractivity contribution in [2.75, 3.05) is 18.0 Å². The van der Waals surface area contributed by atoms with Crippen LogP contribution >= 0.6 is 0 Å². The fourth-order valence-electron chi connectivity index (χ4n) is 3.64. The normalized spacial score (nSPS) is 22.8. The highest BCUT2D eigenvalue weighted by Gasteiger charge is 2.24. The molecular formula is C20H27N3O2. The molecule has 5 heteroatoms. The quantitative estimate of drug-likeness (QED) is 0.780. The number of hydrogen-bond donors (Lipinski definition) is 2. The SMILES string of the molecule is NC(=O)[C@@H]1CCCN(c2ccc(CNC(=O)C[C@H]3C=CCC3)cc2)C1. The second-order valence-corrected chi connectivity index (χ2v) is 7.10. The highest BCUT2D eigenvalue weighted by atomic mass is 16.2. The highest BCUT2D eigenvalue weighted by Crippen LogP contribution is 2.23. The van der Waals surface area contributed by atoms with Crippen LogP contribution < -0.4 is 16.0 Å². The number of carbonyl (C=O) groups excluding carboxylic acids is 2. The second kappa shape index (κ2) is 8.19. The minimum absolute atomic E-state index is 0.0580. The van der Waals surface area contributed by atoms with Gasteiger partial charge < -0.3 is 16.0 Å². The van der Waals surface area contributed by atoms with Crippen LogP contribution in [0.2, 0.25) is 0 Å². The molecule has 3 N–H and O–H groups in total. The zero-order valence-electron chi connectivity index (χ0n) is 14.6. The zero-order valence-corrected chi connectivity index (χ0v) is 14.6. The molecule has 134 valence electrons. The summed E-state index contributed by atoms with van der Waals surface area (Å²) in [5.74, 6) is 0.249. The number of nitrogens with two attached hydrogens (primary N) is 1. The Morgan fingerprint density at radius 3 is 2.68 bits per heavy atom. The summed E-state index contributed by atoms with van der Waals surface area (Å²) in [5.41, 5.74) is 7.64. The van der Waals surface area contributed by atoms with E-state index < -0.39 is 0 Å². The molecule has 2 amide bonds. The number of carbonyl (C=O) groups is 2. The van der Waals surface area contributed by atoms with Crippen molar-refractivity contribution >= 4 is 17.5 Å². The van der Waals surface area contributed by atoms with E-state index in [0.717, 1.165) is 43.5 Å². The van der Waals surface area contributed by atoms with Crippen molar-refractivity contribution in [2.45, 2.75) is 38.6 Å². The molecule has 25 heavy (non-hydrogen) atoms. The molecule has 0 radical (unpaired) electrons. The van der Waals surface area contributed by atoms with Crippen molar-refractivity contribution in [3.05, 3.63) is 42.0 Å². The standard InChI is InChI=1S/C20H27N3O2/c21-20(25)17-6-3-11-23(14-17)18-9-7-16(8-10-18)13-22-19(24)12-15-4-1-2-5-15/h1,4,7-10,15,17H,2-3,5-6,11-14H2,(H2,21,25)(H,22,24)/t15-,17+/m0/s1. The van der Waals surface area contributed by atoms with Crippen molar-refractivity contribution < 1.29 is 9.59 Å². The second-order valence-electron chi connectivity index (χ2n) is 7.10. The van der Waals surface area contributed by atoms with E-state index in [0.29, 0.717) is 25.4 Å². The van der Waals surface area contributed by atoms with Crippen molar-refractivity contribution in [1.82, 2.24) is 5.32 Å². The maximum atomic E-state index is 12.0. The maximum Gasteiger partial charge on any atom is 0.222 e. The van der Waals surface area contributed by atoms with Gasteiger partial charge in [0.15, 0.2) is 0 Å². The van der Waals surface area contributed by atoms with E-state index in [1.165, 1.54) is 0 Å². The first kappa shape index (κ1) is 17.5. The predicted molar refractivity (Wildman–Crippen MR) is 98.9 cm³/mol. The average Bonchev–Trinajstić information content (AvgIpc) is 3.13. The van der Waals surface area contributed by atoms with Gasteiger partial charge in [0.1, 0.15) is 0 Å². The number of nitrogens with zero attached hydrogens (tertiary/aromatic N) is 1. The van der Waals surface area contributed by atoms with E-state index >= 15 is 0 Å². The Bertz CT molecular complexity index is 639. The molecule has 1 aromatic rings. The Labute approximate surface area is 149 Å². The minimum atomic E-state index is -0.207. The average molecular weight is 341 g/mol. The Balaban J connectivity index is 1.49. The molecule has 1 fully saturated rings. The molecule has 0 bridgehead atoms. The van der Waals surface area contributed by atoms with E-state index in [4.69, 9.17) is 5.73 Å². The number of piperidine rings is 1. The lowest BCUT2D eigenvalue weighted by Gasteiger charge is -2.33. The first-order valence-corrected chi connectivity index (χ1v) is 9.18. The zero-order chi connectivity index (χ0) is 17.6. The Morgan fingerprint density at radius 2 is 2.00 bits per heavy atom. The predicted octanol–water partition coefficient (Wildman–Crippen LogP) is 2.36. The first-order chi connectivity index (χ1) is 12.1. The van der Waals surface area contributed by atoms with E-state index in [1.54, 1.807) is 0 Å². The lowest BCUT2D eigenvalue weighted by molar-refractivity contribution is -0.122. The van der Waals surface area contributed by atoms with Crippen molar-refractivity contribution in [3.63, 3.8) is 0 Å². The molecule has 1 aliphatic carbocycles. The van der Waals surface area contributed by atoms with Crippen LogP contribution in [-0.2, 0) is 16.1 Å². The van der Waals surface area contributed by atoms with E-state index in [-0.39, 0.29) is 17.7 Å². The molecule has 1 saturated heterocycles. The van der Waals surface area contributed by atoms with E-state index in [1.807, 2.05) is 12.1 Å². The van der Waals surface area contributed by atoms with Gasteiger partial charge in [0.25, 0.3) is 0 Å². The van der Waals surface area contributed by atoms with Crippen molar-refractivity contribution in [3.8, 4) is 0 Å². The molecule has 5 nitrogen and oxygen atoms in total. The van der Waals surface area contributed by atoms with Gasteiger partial charge in [-0.15, -0.1) is 0 Å². The van der Waals surface area contributed by atoms with Gasteiger partial charge >= 0.3 is 0 Å². The van der Waals surface area contributed by atoms with Gasteiger partial charge in [-0.05, 0) is 49.3 Å². The van der Waals surface area contributed by atoms with Gasteiger partial charge in [-0.2, -0.15) is 0 Å². The molecule has 3 rings (SSSR count). The topological polar surface area (TPSA) is 75.4 Å². The van der Waals surface area contributed by atoms with E-state index in [2.05, 4.69) is 34.5 Å². The third-order valence-corrected chi connectivity index (χ3v) is 5.17. The van der Waals surface area contributed by atoms with Crippen molar-refractivity contribution in [2.24, 2.45) is 17.6 Å². The number of hydrogen-bond acceptors (Lipinski definition) is 3. The van der Waals surface area contributed by atoms with Crippen molar-refractivity contribution in [1.29, 1.82) is 0 Å². The fourth-order valence-corrected chi connectivity index (χ4v) is 3.64. The molecule has 1 heterocycles. The third kappa shape index (κ3) is 4.84. The summed E-state index contributed by atoms with van der Waals surface area (Å²) in [5, 5.41) is 3.00. The molecular weight excluding hydrogens is 314 g/mol. The van der Waals surface area contributed by atoms with Gasteiger partial charge in [-0.1, -0.05) is 24.3 Å². The smallest absolute Gasteiger partial charge is 0.222 e. The number of amides is 2. The Hall–Kier alpha value is -2.30. The number of anilines is 1. The lowest BCUT2D eigenvalue weighted by atomic mass is 9.97. The molecule has 1 aliphatic heterocycles. The number of rotatable bonds is 6. The van der Waals surface area contributed by atoms with Crippen LogP contribution in [0.15, 0.2) is 36.4 Å². The van der Waals surface area contributed by atoms with Crippen LogP contribution in [0.25, 0.3) is 0 Å². The molecule has 2 atom stereocenters. The summed E-state index contributed by atoms with van der Waals surface area (Å²) in [6.45, 7) is 2.20. The van der Waals surface area contributed by atoms with Crippen LogP contribution in [0, 0.1) is 11.8 Å². The summed E-state index contributed by atoms with van der Waals surface area (Å²) in [6.07, 6.45) is 8.92. The van der Waals surface area contributed by atoms with Crippen LogP contribution in [0.3, 0.4) is 0 Å². The Kier molecular flexibility index (Phi) is 5.74. The summed E-state index contributed by atoms with van der Waals surface area (Å²) < 4.78 is 0. The largest absolute Gasteiger partial charge is 0.371 e. The van der Waals surface area contributed by atoms with Crippen LogP contribution in [0.4, 0.5) is 5.69 Å². The van der Waals surface area contributed by atoms with Gasteiger partial charge in [0, 0.05) is 31.7 Å². The van der Waals surface area contributed by atoms with Crippen LogP contribution in [0.1, 0.15) is 37.7 Å².